The van der Waals surface area contributed by atoms with Gasteiger partial charge in [-0.05, 0) is 18.2 Å². The fourth-order valence-electron chi connectivity index (χ4n) is 1.34. The number of amides is 1. The standard InChI is InChI=1S/C11H12N4O2/c12-9-2-1-7(3-10(9)16)11(17)14-5-8-4-13-6-15-8/h1-4,6,16H,5,12H2,(H,13,15)(H,14,17). The SMILES string of the molecule is Nc1ccc(C(=O)NCc2cnc[nH]2)cc1O. The van der Waals surface area contributed by atoms with E-state index in [1.165, 1.54) is 18.5 Å². The van der Waals surface area contributed by atoms with Gasteiger partial charge in [0.05, 0.1) is 24.3 Å². The van der Waals surface area contributed by atoms with E-state index in [1.807, 2.05) is 0 Å². The molecule has 1 aromatic carbocycles. The quantitative estimate of drug-likeness (QED) is 0.460. The van der Waals surface area contributed by atoms with Crippen molar-refractivity contribution < 1.29 is 9.90 Å². The van der Waals surface area contributed by atoms with Crippen LogP contribution in [0.15, 0.2) is 30.7 Å². The van der Waals surface area contributed by atoms with Gasteiger partial charge in [0.2, 0.25) is 0 Å². The lowest BCUT2D eigenvalue weighted by Gasteiger charge is -2.05. The van der Waals surface area contributed by atoms with Crippen LogP contribution >= 0.6 is 0 Å². The van der Waals surface area contributed by atoms with E-state index in [-0.39, 0.29) is 17.3 Å². The monoisotopic (exact) mass is 232 g/mol. The van der Waals surface area contributed by atoms with E-state index in [0.29, 0.717) is 12.1 Å². The van der Waals surface area contributed by atoms with Crippen molar-refractivity contribution in [1.82, 2.24) is 15.3 Å². The zero-order chi connectivity index (χ0) is 12.3. The fraction of sp³-hybridized carbons (Fsp3) is 0.0909. The highest BCUT2D eigenvalue weighted by Gasteiger charge is 2.07. The van der Waals surface area contributed by atoms with Gasteiger partial charge in [-0.15, -0.1) is 0 Å². The Hall–Kier alpha value is -2.50. The molecule has 0 unspecified atom stereocenters. The Balaban J connectivity index is 2.02. The van der Waals surface area contributed by atoms with Gasteiger partial charge in [0.25, 0.3) is 5.91 Å². The lowest BCUT2D eigenvalue weighted by Crippen LogP contribution is -2.22. The molecule has 0 spiro atoms. The van der Waals surface area contributed by atoms with Crippen LogP contribution in [0.5, 0.6) is 5.75 Å². The van der Waals surface area contributed by atoms with Crippen molar-refractivity contribution in [3.63, 3.8) is 0 Å². The number of aromatic hydroxyl groups is 1. The number of anilines is 1. The zero-order valence-corrected chi connectivity index (χ0v) is 8.97. The van der Waals surface area contributed by atoms with Crippen molar-refractivity contribution in [1.29, 1.82) is 0 Å². The van der Waals surface area contributed by atoms with E-state index in [2.05, 4.69) is 15.3 Å². The molecule has 2 rings (SSSR count). The van der Waals surface area contributed by atoms with Crippen molar-refractivity contribution in [2.75, 3.05) is 5.73 Å². The second kappa shape index (κ2) is 4.56. The number of phenols is 1. The molecule has 17 heavy (non-hydrogen) atoms. The Morgan fingerprint density at radius 1 is 1.53 bits per heavy atom. The molecule has 6 heteroatoms. The number of carbonyl (C=O) groups is 1. The van der Waals surface area contributed by atoms with Crippen LogP contribution in [-0.4, -0.2) is 21.0 Å². The summed E-state index contributed by atoms with van der Waals surface area (Å²) in [6.45, 7) is 0.351. The number of nitrogens with zero attached hydrogens (tertiary/aromatic N) is 1. The number of benzene rings is 1. The number of H-pyrrole nitrogens is 1. The number of imidazole rings is 1. The average molecular weight is 232 g/mol. The number of phenolic OH excluding ortho intramolecular Hbond substituents is 1. The minimum atomic E-state index is -0.282. The van der Waals surface area contributed by atoms with Crippen molar-refractivity contribution in [2.24, 2.45) is 0 Å². The number of aromatic amines is 1. The average Bonchev–Trinajstić information content (AvgIpc) is 2.82. The number of nitrogens with two attached hydrogens (primary N) is 1. The molecule has 0 bridgehead atoms. The van der Waals surface area contributed by atoms with Crippen LogP contribution in [0.3, 0.4) is 0 Å². The van der Waals surface area contributed by atoms with E-state index in [9.17, 15) is 9.90 Å². The van der Waals surface area contributed by atoms with Crippen LogP contribution in [0.1, 0.15) is 16.1 Å². The summed E-state index contributed by atoms with van der Waals surface area (Å²) in [6.07, 6.45) is 3.16. The number of nitrogen functional groups attached to an aromatic ring is 1. The molecule has 5 N–H and O–H groups in total. The number of carbonyl (C=O) groups excluding carboxylic acids is 1. The fourth-order valence-corrected chi connectivity index (χ4v) is 1.34. The summed E-state index contributed by atoms with van der Waals surface area (Å²) in [5, 5.41) is 12.1. The Bertz CT molecular complexity index is 522. The molecule has 88 valence electrons. The minimum Gasteiger partial charge on any atom is -0.506 e. The molecule has 0 fully saturated rings. The van der Waals surface area contributed by atoms with Crippen LogP contribution < -0.4 is 11.1 Å². The van der Waals surface area contributed by atoms with Crippen LogP contribution in [0.4, 0.5) is 5.69 Å². The van der Waals surface area contributed by atoms with Gasteiger partial charge >= 0.3 is 0 Å². The third kappa shape index (κ3) is 2.54. The molecule has 0 saturated heterocycles. The first-order valence-electron chi connectivity index (χ1n) is 5.01. The number of hydrogen-bond acceptors (Lipinski definition) is 4. The Kier molecular flexibility index (Phi) is 2.95. The van der Waals surface area contributed by atoms with Crippen molar-refractivity contribution in [3.8, 4) is 5.75 Å². The highest BCUT2D eigenvalue weighted by atomic mass is 16.3. The molecule has 0 aliphatic rings. The molecule has 6 nitrogen and oxygen atoms in total. The van der Waals surface area contributed by atoms with Gasteiger partial charge in [-0.2, -0.15) is 0 Å². The molecule has 1 aromatic heterocycles. The Morgan fingerprint density at radius 3 is 3.00 bits per heavy atom. The second-order valence-corrected chi connectivity index (χ2v) is 3.53. The van der Waals surface area contributed by atoms with E-state index >= 15 is 0 Å². The topological polar surface area (TPSA) is 104 Å². The second-order valence-electron chi connectivity index (χ2n) is 3.53. The van der Waals surface area contributed by atoms with E-state index in [1.54, 1.807) is 12.3 Å². The Labute approximate surface area is 97.5 Å². The lowest BCUT2D eigenvalue weighted by atomic mass is 10.2. The molecular weight excluding hydrogens is 220 g/mol. The summed E-state index contributed by atoms with van der Waals surface area (Å²) >= 11 is 0. The largest absolute Gasteiger partial charge is 0.506 e. The first-order valence-corrected chi connectivity index (χ1v) is 5.01. The number of nitrogens with one attached hydrogen (secondary N) is 2. The molecule has 1 heterocycles. The van der Waals surface area contributed by atoms with E-state index < -0.39 is 0 Å². The van der Waals surface area contributed by atoms with Gasteiger partial charge in [-0.1, -0.05) is 0 Å². The molecule has 0 saturated carbocycles. The predicted octanol–water partition coefficient (Wildman–Crippen LogP) is 0.627. The zero-order valence-electron chi connectivity index (χ0n) is 8.97. The number of rotatable bonds is 3. The highest BCUT2D eigenvalue weighted by molar-refractivity contribution is 5.95. The van der Waals surface area contributed by atoms with Crippen LogP contribution in [0, 0.1) is 0 Å². The maximum absolute atomic E-state index is 11.7. The maximum Gasteiger partial charge on any atom is 0.251 e. The smallest absolute Gasteiger partial charge is 0.251 e. The Morgan fingerprint density at radius 2 is 2.35 bits per heavy atom. The molecule has 0 atom stereocenters. The highest BCUT2D eigenvalue weighted by Crippen LogP contribution is 2.20. The van der Waals surface area contributed by atoms with Gasteiger partial charge in [0, 0.05) is 11.8 Å². The first-order chi connectivity index (χ1) is 8.16. The molecule has 0 aliphatic carbocycles. The van der Waals surface area contributed by atoms with Gasteiger partial charge < -0.3 is 21.1 Å². The third-order valence-corrected chi connectivity index (χ3v) is 2.29. The molecule has 1 amide bonds. The van der Waals surface area contributed by atoms with E-state index in [0.717, 1.165) is 5.69 Å². The predicted molar refractivity (Wildman–Crippen MR) is 62.3 cm³/mol. The van der Waals surface area contributed by atoms with Gasteiger partial charge in [0.15, 0.2) is 0 Å². The molecule has 0 radical (unpaired) electrons. The summed E-state index contributed by atoms with van der Waals surface area (Å²) in [5.74, 6) is -0.380. The minimum absolute atomic E-state index is 0.0980. The molecule has 2 aromatic rings. The summed E-state index contributed by atoms with van der Waals surface area (Å²) in [6, 6.07) is 4.37. The van der Waals surface area contributed by atoms with Gasteiger partial charge in [-0.25, -0.2) is 4.98 Å². The normalized spacial score (nSPS) is 10.1. The van der Waals surface area contributed by atoms with Crippen LogP contribution in [0.2, 0.25) is 0 Å². The van der Waals surface area contributed by atoms with Crippen molar-refractivity contribution in [2.45, 2.75) is 6.54 Å². The summed E-state index contributed by atoms with van der Waals surface area (Å²) in [4.78, 5) is 18.4. The van der Waals surface area contributed by atoms with Crippen LogP contribution in [0.25, 0.3) is 0 Å². The summed E-state index contributed by atoms with van der Waals surface area (Å²) in [5.41, 5.74) is 6.85. The molecule has 0 aliphatic heterocycles. The van der Waals surface area contributed by atoms with E-state index in [4.69, 9.17) is 5.73 Å². The first kappa shape index (κ1) is 11.0. The van der Waals surface area contributed by atoms with Gasteiger partial charge in [-0.3, -0.25) is 4.79 Å². The van der Waals surface area contributed by atoms with Crippen molar-refractivity contribution >= 4 is 11.6 Å². The summed E-state index contributed by atoms with van der Waals surface area (Å²) < 4.78 is 0. The third-order valence-electron chi connectivity index (χ3n) is 2.29. The lowest BCUT2D eigenvalue weighted by molar-refractivity contribution is 0.0950. The number of hydrogen-bond donors (Lipinski definition) is 4. The summed E-state index contributed by atoms with van der Waals surface area (Å²) in [7, 11) is 0. The van der Waals surface area contributed by atoms with Crippen molar-refractivity contribution in [3.05, 3.63) is 42.0 Å². The van der Waals surface area contributed by atoms with Crippen LogP contribution in [-0.2, 0) is 6.54 Å². The molecular formula is C11H12N4O2. The maximum atomic E-state index is 11.7. The number of aromatic nitrogens is 2. The van der Waals surface area contributed by atoms with Gasteiger partial charge in [0.1, 0.15) is 5.75 Å².